The molecule has 0 unspecified atom stereocenters. The van der Waals surface area contributed by atoms with Crippen LogP contribution < -0.4 is 56.5 Å². The smallest absolute Gasteiger partial charge is 0.545 e. The first-order valence-electron chi connectivity index (χ1n) is 8.72. The molecule has 0 aromatic heterocycles. The summed E-state index contributed by atoms with van der Waals surface area (Å²) < 4.78 is 4.87. The van der Waals surface area contributed by atoms with Crippen LogP contribution in [0.5, 0.6) is 0 Å². The first-order valence-corrected chi connectivity index (χ1v) is 8.72. The quantitative estimate of drug-likeness (QED) is 0.187. The molecule has 0 N–H and O–H groups in total. The summed E-state index contributed by atoms with van der Waals surface area (Å²) in [5, 5.41) is 10.1. The Morgan fingerprint density at radius 3 is 1.65 bits per heavy atom. The maximum absolute atomic E-state index is 11.0. The summed E-state index contributed by atoms with van der Waals surface area (Å²) in [5.41, 5.74) is 0. The second-order valence-electron chi connectivity index (χ2n) is 5.71. The van der Waals surface area contributed by atoms with Gasteiger partial charge in [0, 0.05) is 6.08 Å². The van der Waals surface area contributed by atoms with E-state index in [2.05, 4.69) is 6.92 Å². The van der Waals surface area contributed by atoms with Crippen molar-refractivity contribution in [2.75, 3.05) is 6.61 Å². The molecule has 0 fully saturated rings. The van der Waals surface area contributed by atoms with Gasteiger partial charge < -0.3 is 14.6 Å². The number of hydrogen-bond donors (Lipinski definition) is 0. The third-order valence-corrected chi connectivity index (χ3v) is 3.60. The molecule has 23 heavy (non-hydrogen) atoms. The van der Waals surface area contributed by atoms with Gasteiger partial charge in [0.1, 0.15) is 0 Å². The molecule has 4 nitrogen and oxygen atoms in total. The molecule has 0 radical (unpaired) electrons. The number of hydrogen-bond acceptors (Lipinski definition) is 4. The van der Waals surface area contributed by atoms with E-state index in [1.54, 1.807) is 0 Å². The maximum Gasteiger partial charge on any atom is 1.00 e. The molecule has 0 aliphatic heterocycles. The first kappa shape index (κ1) is 25.6. The van der Waals surface area contributed by atoms with Crippen LogP contribution in [0.2, 0.25) is 0 Å². The van der Waals surface area contributed by atoms with Crippen LogP contribution in [-0.4, -0.2) is 18.5 Å². The summed E-state index contributed by atoms with van der Waals surface area (Å²) in [6, 6.07) is 0. The van der Waals surface area contributed by atoms with E-state index >= 15 is 0 Å². The number of esters is 1. The van der Waals surface area contributed by atoms with Gasteiger partial charge in [0.15, 0.2) is 0 Å². The summed E-state index contributed by atoms with van der Waals surface area (Å²) in [5.74, 6) is -2.01. The van der Waals surface area contributed by atoms with E-state index in [9.17, 15) is 14.7 Å². The minimum Gasteiger partial charge on any atom is -0.545 e. The Hall–Kier alpha value is 0.316. The van der Waals surface area contributed by atoms with Gasteiger partial charge >= 0.3 is 57.4 Å². The zero-order valence-electron chi connectivity index (χ0n) is 15.0. The van der Waals surface area contributed by atoms with Crippen molar-refractivity contribution in [3.63, 3.8) is 0 Å². The summed E-state index contributed by atoms with van der Waals surface area (Å²) in [4.78, 5) is 21.1. The zero-order valence-corrected chi connectivity index (χ0v) is 18.1. The van der Waals surface area contributed by atoms with Crippen LogP contribution >= 0.6 is 0 Å². The van der Waals surface area contributed by atoms with Gasteiger partial charge in [-0.1, -0.05) is 77.6 Å². The molecule has 0 bridgehead atoms. The average molecular weight is 351 g/mol. The molecule has 0 saturated heterocycles. The fraction of sp³-hybridized carbons (Fsp3) is 0.778. The van der Waals surface area contributed by atoms with Crippen molar-refractivity contribution in [3.05, 3.63) is 12.2 Å². The van der Waals surface area contributed by atoms with E-state index in [4.69, 9.17) is 4.74 Å². The predicted octanol–water partition coefficient (Wildman–Crippen LogP) is 0.541. The van der Waals surface area contributed by atoms with Crippen LogP contribution in [0.15, 0.2) is 12.2 Å². The van der Waals surface area contributed by atoms with E-state index in [1.807, 2.05) is 0 Å². The molecule has 0 spiro atoms. The van der Waals surface area contributed by atoms with Crippen LogP contribution in [0.25, 0.3) is 0 Å². The number of carboxylic acid groups (broad SMARTS) is 1. The van der Waals surface area contributed by atoms with Crippen LogP contribution in [0, 0.1) is 0 Å². The van der Waals surface area contributed by atoms with E-state index in [0.717, 1.165) is 18.9 Å². The fourth-order valence-corrected chi connectivity index (χ4v) is 2.30. The SMILES string of the molecule is CCCCCCCCCCCCCCOC(=O)/C=C\C(=O)[O-].[K+]. The number of carboxylic acids is 1. The van der Waals surface area contributed by atoms with Gasteiger partial charge in [0.05, 0.1) is 12.6 Å². The summed E-state index contributed by atoms with van der Waals surface area (Å²) >= 11 is 0. The summed E-state index contributed by atoms with van der Waals surface area (Å²) in [6.45, 7) is 2.60. The average Bonchev–Trinajstić information content (AvgIpc) is 2.49. The minimum absolute atomic E-state index is 0. The van der Waals surface area contributed by atoms with Gasteiger partial charge in [0.25, 0.3) is 0 Å². The van der Waals surface area contributed by atoms with Crippen molar-refractivity contribution >= 4 is 11.9 Å². The zero-order chi connectivity index (χ0) is 16.5. The molecule has 0 rings (SSSR count). The Morgan fingerprint density at radius 2 is 1.22 bits per heavy atom. The molecule has 0 saturated carbocycles. The topological polar surface area (TPSA) is 66.4 Å². The number of rotatable bonds is 15. The third-order valence-electron chi connectivity index (χ3n) is 3.60. The van der Waals surface area contributed by atoms with Crippen molar-refractivity contribution in [2.45, 2.75) is 84.0 Å². The molecule has 0 aliphatic rings. The van der Waals surface area contributed by atoms with Crippen LogP contribution in [-0.2, 0) is 14.3 Å². The third kappa shape index (κ3) is 22.3. The summed E-state index contributed by atoms with van der Waals surface area (Å²) in [6.07, 6.45) is 16.7. The van der Waals surface area contributed by atoms with Gasteiger partial charge in [0.2, 0.25) is 0 Å². The molecule has 0 aromatic carbocycles. The van der Waals surface area contributed by atoms with Crippen LogP contribution in [0.4, 0.5) is 0 Å². The molecule has 0 atom stereocenters. The molecule has 0 aliphatic carbocycles. The number of carbonyl (C=O) groups excluding carboxylic acids is 2. The van der Waals surface area contributed by atoms with Gasteiger partial charge in [-0.15, -0.1) is 0 Å². The fourth-order valence-electron chi connectivity index (χ4n) is 2.30. The standard InChI is InChI=1S/C18H32O4.K/c1-2-3-4-5-6-7-8-9-10-11-12-13-16-22-18(21)15-14-17(19)20;/h14-15H,2-13,16H2,1H3,(H,19,20);/q;+1/p-1/b15-14-;. The molecule has 5 heteroatoms. The van der Waals surface area contributed by atoms with Crippen molar-refractivity contribution in [1.29, 1.82) is 0 Å². The Labute approximate surface area is 183 Å². The van der Waals surface area contributed by atoms with Crippen LogP contribution in [0.3, 0.4) is 0 Å². The second kappa shape index (κ2) is 20.4. The minimum atomic E-state index is -1.39. The Kier molecular flexibility index (Phi) is 22.6. The van der Waals surface area contributed by atoms with Crippen molar-refractivity contribution in [1.82, 2.24) is 0 Å². The maximum atomic E-state index is 11.0. The Bertz CT molecular complexity index is 316. The van der Waals surface area contributed by atoms with E-state index in [-0.39, 0.29) is 51.4 Å². The first-order chi connectivity index (χ1) is 10.7. The molecule has 0 heterocycles. The van der Waals surface area contributed by atoms with Gasteiger partial charge in [-0.2, -0.15) is 0 Å². The predicted molar refractivity (Wildman–Crippen MR) is 86.2 cm³/mol. The Balaban J connectivity index is 0. The van der Waals surface area contributed by atoms with Crippen molar-refractivity contribution < 1.29 is 70.8 Å². The van der Waals surface area contributed by atoms with Gasteiger partial charge in [-0.25, -0.2) is 4.79 Å². The molecule has 0 aromatic rings. The number of ether oxygens (including phenoxy) is 1. The van der Waals surface area contributed by atoms with Gasteiger partial charge in [-0.3, -0.25) is 0 Å². The van der Waals surface area contributed by atoms with E-state index in [1.165, 1.54) is 64.2 Å². The van der Waals surface area contributed by atoms with Gasteiger partial charge in [-0.05, 0) is 12.5 Å². The molecule has 128 valence electrons. The largest absolute Gasteiger partial charge is 1.00 e. The number of carbonyl (C=O) groups is 2. The van der Waals surface area contributed by atoms with E-state index < -0.39 is 11.9 Å². The van der Waals surface area contributed by atoms with Crippen molar-refractivity contribution in [3.8, 4) is 0 Å². The van der Waals surface area contributed by atoms with Crippen LogP contribution in [0.1, 0.15) is 84.0 Å². The number of unbranched alkanes of at least 4 members (excludes halogenated alkanes) is 11. The summed E-state index contributed by atoms with van der Waals surface area (Å²) in [7, 11) is 0. The number of aliphatic carboxylic acids is 1. The normalized spacial score (nSPS) is 10.5. The van der Waals surface area contributed by atoms with Crippen molar-refractivity contribution in [2.24, 2.45) is 0 Å². The second-order valence-corrected chi connectivity index (χ2v) is 5.71. The molecular weight excluding hydrogens is 319 g/mol. The Morgan fingerprint density at radius 1 is 0.783 bits per heavy atom. The molecule has 0 amide bonds. The molecular formula is C18H31KO4. The van der Waals surface area contributed by atoms with E-state index in [0.29, 0.717) is 12.7 Å². The monoisotopic (exact) mass is 350 g/mol.